The quantitative estimate of drug-likeness (QED) is 0.769. The second kappa shape index (κ2) is 6.99. The Balaban J connectivity index is 1.79. The summed E-state index contributed by atoms with van der Waals surface area (Å²) in [4.78, 5) is 12.0. The molecule has 0 aromatic heterocycles. The Labute approximate surface area is 138 Å². The van der Waals surface area contributed by atoms with Gasteiger partial charge in [0, 0.05) is 11.6 Å². The fraction of sp³-hybridized carbons (Fsp3) is 0.533. The fourth-order valence-corrected chi connectivity index (χ4v) is 3.06. The second-order valence-electron chi connectivity index (χ2n) is 5.62. The molecule has 1 saturated carbocycles. The molecule has 1 unspecified atom stereocenters. The van der Waals surface area contributed by atoms with Crippen molar-refractivity contribution in [2.45, 2.75) is 31.7 Å². The monoisotopic (exact) mass is 374 g/mol. The van der Waals surface area contributed by atoms with Crippen molar-refractivity contribution in [3.05, 3.63) is 27.7 Å². The molecule has 1 amide bonds. The van der Waals surface area contributed by atoms with Gasteiger partial charge in [0.2, 0.25) is 5.91 Å². The van der Waals surface area contributed by atoms with E-state index in [1.807, 2.05) is 6.92 Å². The summed E-state index contributed by atoms with van der Waals surface area (Å²) < 4.78 is 6.37. The molecular formula is C15H20BrClN2O2. The van der Waals surface area contributed by atoms with Crippen molar-refractivity contribution >= 4 is 33.4 Å². The molecule has 1 aliphatic rings. The van der Waals surface area contributed by atoms with Crippen LogP contribution in [0.25, 0.3) is 0 Å². The van der Waals surface area contributed by atoms with Crippen molar-refractivity contribution in [2.24, 2.45) is 11.7 Å². The minimum Gasteiger partial charge on any atom is -0.492 e. The molecule has 0 bridgehead atoms. The molecule has 0 spiro atoms. The number of amides is 1. The SMILES string of the molecule is CC(CN)(NC(=O)CCOc1ccc(Cl)cc1Br)C1CC1. The van der Waals surface area contributed by atoms with Gasteiger partial charge in [-0.15, -0.1) is 0 Å². The lowest BCUT2D eigenvalue weighted by Gasteiger charge is -2.29. The third-order valence-corrected chi connectivity index (χ3v) is 4.66. The molecular weight excluding hydrogens is 356 g/mol. The van der Waals surface area contributed by atoms with Crippen molar-refractivity contribution in [1.82, 2.24) is 5.32 Å². The summed E-state index contributed by atoms with van der Waals surface area (Å²) in [6.07, 6.45) is 2.59. The molecule has 1 fully saturated rings. The zero-order valence-corrected chi connectivity index (χ0v) is 14.3. The molecule has 2 rings (SSSR count). The van der Waals surface area contributed by atoms with Crippen LogP contribution in [0.2, 0.25) is 5.02 Å². The minimum absolute atomic E-state index is 0.0278. The first-order valence-corrected chi connectivity index (χ1v) is 8.20. The molecule has 0 saturated heterocycles. The van der Waals surface area contributed by atoms with Crippen LogP contribution in [0.4, 0.5) is 0 Å². The zero-order valence-electron chi connectivity index (χ0n) is 12.0. The molecule has 1 aromatic carbocycles. The molecule has 3 N–H and O–H groups in total. The van der Waals surface area contributed by atoms with Crippen LogP contribution in [-0.4, -0.2) is 24.6 Å². The highest BCUT2D eigenvalue weighted by Crippen LogP contribution is 2.39. The number of nitrogens with one attached hydrogen (secondary N) is 1. The van der Waals surface area contributed by atoms with Crippen LogP contribution < -0.4 is 15.8 Å². The van der Waals surface area contributed by atoms with Crippen LogP contribution in [0.15, 0.2) is 22.7 Å². The maximum atomic E-state index is 12.0. The number of rotatable bonds is 7. The van der Waals surface area contributed by atoms with Gasteiger partial charge in [-0.2, -0.15) is 0 Å². The molecule has 4 nitrogen and oxygen atoms in total. The van der Waals surface area contributed by atoms with E-state index in [0.29, 0.717) is 36.3 Å². The Kier molecular flexibility index (Phi) is 5.52. The predicted octanol–water partition coefficient (Wildman–Crippen LogP) is 3.12. The van der Waals surface area contributed by atoms with Crippen molar-refractivity contribution in [3.63, 3.8) is 0 Å². The van der Waals surface area contributed by atoms with E-state index in [2.05, 4.69) is 21.2 Å². The molecule has 21 heavy (non-hydrogen) atoms. The maximum Gasteiger partial charge on any atom is 0.223 e. The van der Waals surface area contributed by atoms with E-state index in [1.165, 1.54) is 0 Å². The van der Waals surface area contributed by atoms with Gasteiger partial charge in [0.1, 0.15) is 5.75 Å². The normalized spacial score (nSPS) is 17.1. The van der Waals surface area contributed by atoms with Crippen molar-refractivity contribution < 1.29 is 9.53 Å². The number of ether oxygens (including phenoxy) is 1. The Bertz CT molecular complexity index is 522. The van der Waals surface area contributed by atoms with Crippen LogP contribution in [-0.2, 0) is 4.79 Å². The van der Waals surface area contributed by atoms with Gasteiger partial charge in [0.25, 0.3) is 0 Å². The number of carbonyl (C=O) groups is 1. The topological polar surface area (TPSA) is 64.3 Å². The molecule has 0 heterocycles. The lowest BCUT2D eigenvalue weighted by Crippen LogP contribution is -2.53. The predicted molar refractivity (Wildman–Crippen MR) is 87.6 cm³/mol. The number of halogens is 2. The van der Waals surface area contributed by atoms with E-state index in [4.69, 9.17) is 22.1 Å². The van der Waals surface area contributed by atoms with Crippen molar-refractivity contribution in [3.8, 4) is 5.75 Å². The molecule has 116 valence electrons. The third kappa shape index (κ3) is 4.59. The number of benzene rings is 1. The van der Waals surface area contributed by atoms with Crippen LogP contribution in [0, 0.1) is 5.92 Å². The Morgan fingerprint density at radius 2 is 2.29 bits per heavy atom. The third-order valence-electron chi connectivity index (χ3n) is 3.81. The summed E-state index contributed by atoms with van der Waals surface area (Å²) in [6.45, 7) is 2.80. The van der Waals surface area contributed by atoms with E-state index in [9.17, 15) is 4.79 Å². The first kappa shape index (κ1) is 16.6. The Morgan fingerprint density at radius 1 is 1.57 bits per heavy atom. The fourth-order valence-electron chi connectivity index (χ4n) is 2.27. The molecule has 1 aliphatic carbocycles. The number of nitrogens with two attached hydrogens (primary N) is 1. The standard InChI is InChI=1S/C15H20BrClN2O2/c1-15(9-18,10-2-3-10)19-14(20)6-7-21-13-5-4-11(17)8-12(13)16/h4-5,8,10H,2-3,6-7,9,18H2,1H3,(H,19,20). The van der Waals surface area contributed by atoms with E-state index < -0.39 is 0 Å². The number of hydrogen-bond acceptors (Lipinski definition) is 3. The van der Waals surface area contributed by atoms with E-state index in [0.717, 1.165) is 17.3 Å². The van der Waals surface area contributed by atoms with Gasteiger partial charge < -0.3 is 15.8 Å². The summed E-state index contributed by atoms with van der Waals surface area (Å²) in [7, 11) is 0. The van der Waals surface area contributed by atoms with Gasteiger partial charge in [-0.1, -0.05) is 11.6 Å². The lowest BCUT2D eigenvalue weighted by molar-refractivity contribution is -0.123. The summed E-state index contributed by atoms with van der Waals surface area (Å²) in [5.41, 5.74) is 5.51. The van der Waals surface area contributed by atoms with E-state index in [1.54, 1.807) is 18.2 Å². The van der Waals surface area contributed by atoms with E-state index >= 15 is 0 Å². The van der Waals surface area contributed by atoms with Crippen LogP contribution >= 0.6 is 27.5 Å². The van der Waals surface area contributed by atoms with Gasteiger partial charge in [-0.3, -0.25) is 4.79 Å². The summed E-state index contributed by atoms with van der Waals surface area (Å²) in [6, 6.07) is 5.29. The van der Waals surface area contributed by atoms with Gasteiger partial charge in [0.05, 0.1) is 23.0 Å². The van der Waals surface area contributed by atoms with Gasteiger partial charge in [-0.25, -0.2) is 0 Å². The van der Waals surface area contributed by atoms with Gasteiger partial charge in [-0.05, 0) is 59.8 Å². The molecule has 0 radical (unpaired) electrons. The summed E-state index contributed by atoms with van der Waals surface area (Å²) >= 11 is 9.24. The maximum absolute atomic E-state index is 12.0. The Morgan fingerprint density at radius 3 is 2.86 bits per heavy atom. The summed E-state index contributed by atoms with van der Waals surface area (Å²) in [5.74, 6) is 1.16. The molecule has 0 aliphatic heterocycles. The van der Waals surface area contributed by atoms with Crippen LogP contribution in [0.1, 0.15) is 26.2 Å². The molecule has 1 aromatic rings. The van der Waals surface area contributed by atoms with Crippen molar-refractivity contribution in [2.75, 3.05) is 13.2 Å². The van der Waals surface area contributed by atoms with E-state index in [-0.39, 0.29) is 11.4 Å². The largest absolute Gasteiger partial charge is 0.492 e. The average molecular weight is 376 g/mol. The smallest absolute Gasteiger partial charge is 0.223 e. The highest BCUT2D eigenvalue weighted by Gasteiger charge is 2.41. The average Bonchev–Trinajstić information content (AvgIpc) is 3.26. The number of carbonyl (C=O) groups excluding carboxylic acids is 1. The van der Waals surface area contributed by atoms with Gasteiger partial charge in [0.15, 0.2) is 0 Å². The highest BCUT2D eigenvalue weighted by molar-refractivity contribution is 9.10. The van der Waals surface area contributed by atoms with Gasteiger partial charge >= 0.3 is 0 Å². The van der Waals surface area contributed by atoms with Crippen molar-refractivity contribution in [1.29, 1.82) is 0 Å². The summed E-state index contributed by atoms with van der Waals surface area (Å²) in [5, 5.41) is 3.67. The Hall–Kier alpha value is -0.780. The first-order chi connectivity index (χ1) is 9.94. The lowest BCUT2D eigenvalue weighted by atomic mass is 9.96. The second-order valence-corrected chi connectivity index (χ2v) is 6.91. The molecule has 6 heteroatoms. The minimum atomic E-state index is -0.280. The zero-order chi connectivity index (χ0) is 15.5. The number of hydrogen-bond donors (Lipinski definition) is 2. The van der Waals surface area contributed by atoms with Crippen LogP contribution in [0.3, 0.4) is 0 Å². The first-order valence-electron chi connectivity index (χ1n) is 7.03. The van der Waals surface area contributed by atoms with Crippen LogP contribution in [0.5, 0.6) is 5.75 Å². The highest BCUT2D eigenvalue weighted by atomic mass is 79.9. The molecule has 1 atom stereocenters.